The third kappa shape index (κ3) is 5.58. The van der Waals surface area contributed by atoms with Gasteiger partial charge in [0.25, 0.3) is 0 Å². The van der Waals surface area contributed by atoms with Crippen LogP contribution in [0, 0.1) is 22.7 Å². The number of benzene rings is 2. The molecule has 0 radical (unpaired) electrons. The van der Waals surface area contributed by atoms with Gasteiger partial charge < -0.3 is 14.4 Å². The van der Waals surface area contributed by atoms with Gasteiger partial charge in [-0.15, -0.1) is 0 Å². The lowest BCUT2D eigenvalue weighted by Crippen LogP contribution is -2.31. The van der Waals surface area contributed by atoms with Gasteiger partial charge in [-0.2, -0.15) is 5.26 Å². The molecule has 0 saturated carbocycles. The predicted octanol–water partition coefficient (Wildman–Crippen LogP) is 6.13. The minimum absolute atomic E-state index is 0.000643. The SMILES string of the molecule is CCCCCCCCOc1ccc(C2c3ccc(N(C)C)cc3OC(=N)C2C#N)cc1. The zero-order valence-corrected chi connectivity index (χ0v) is 18.9. The number of anilines is 1. The minimum atomic E-state index is -0.646. The molecule has 31 heavy (non-hydrogen) atoms. The van der Waals surface area contributed by atoms with E-state index in [1.54, 1.807) is 0 Å². The molecule has 3 rings (SSSR count). The van der Waals surface area contributed by atoms with Gasteiger partial charge in [0.1, 0.15) is 17.4 Å². The second-order valence-electron chi connectivity index (χ2n) is 8.35. The first kappa shape index (κ1) is 22.7. The van der Waals surface area contributed by atoms with Crippen LogP contribution >= 0.6 is 0 Å². The lowest BCUT2D eigenvalue weighted by Gasteiger charge is -2.31. The highest BCUT2D eigenvalue weighted by Crippen LogP contribution is 2.43. The maximum Gasteiger partial charge on any atom is 0.205 e. The average Bonchev–Trinajstić information content (AvgIpc) is 2.77. The molecule has 0 fully saturated rings. The van der Waals surface area contributed by atoms with Crippen molar-refractivity contribution in [1.82, 2.24) is 0 Å². The summed E-state index contributed by atoms with van der Waals surface area (Å²) in [5.41, 5.74) is 2.93. The third-order valence-corrected chi connectivity index (χ3v) is 5.83. The van der Waals surface area contributed by atoms with Crippen molar-refractivity contribution in [2.24, 2.45) is 5.92 Å². The fraction of sp³-hybridized carbons (Fsp3) is 0.462. The Labute approximate surface area is 186 Å². The first-order valence-electron chi connectivity index (χ1n) is 11.2. The molecule has 164 valence electrons. The Morgan fingerprint density at radius 1 is 1.03 bits per heavy atom. The van der Waals surface area contributed by atoms with Gasteiger partial charge in [0, 0.05) is 37.3 Å². The molecule has 0 aromatic heterocycles. The molecule has 2 unspecified atom stereocenters. The zero-order valence-electron chi connectivity index (χ0n) is 18.9. The maximum absolute atomic E-state index is 9.73. The summed E-state index contributed by atoms with van der Waals surface area (Å²) >= 11 is 0. The highest BCUT2D eigenvalue weighted by Gasteiger charge is 2.37. The Morgan fingerprint density at radius 3 is 2.42 bits per heavy atom. The summed E-state index contributed by atoms with van der Waals surface area (Å²) < 4.78 is 11.6. The zero-order chi connectivity index (χ0) is 22.2. The van der Waals surface area contributed by atoms with Crippen molar-refractivity contribution in [2.45, 2.75) is 51.4 Å². The van der Waals surface area contributed by atoms with Crippen molar-refractivity contribution < 1.29 is 9.47 Å². The molecular weight excluding hydrogens is 386 g/mol. The number of nitriles is 1. The van der Waals surface area contributed by atoms with E-state index in [4.69, 9.17) is 14.9 Å². The van der Waals surface area contributed by atoms with Crippen molar-refractivity contribution in [3.8, 4) is 17.6 Å². The average molecular weight is 420 g/mol. The summed E-state index contributed by atoms with van der Waals surface area (Å²) in [6.45, 7) is 2.96. The van der Waals surface area contributed by atoms with Crippen LogP contribution < -0.4 is 14.4 Å². The van der Waals surface area contributed by atoms with Gasteiger partial charge in [-0.05, 0) is 30.2 Å². The van der Waals surface area contributed by atoms with Gasteiger partial charge in [-0.3, -0.25) is 5.41 Å². The number of hydrogen-bond donors (Lipinski definition) is 1. The highest BCUT2D eigenvalue weighted by molar-refractivity contribution is 5.85. The standard InChI is InChI=1S/C26H33N3O2/c1-4-5-6-7-8-9-16-30-21-13-10-19(11-14-21)25-22-15-12-20(29(2)3)17-24(22)31-26(28)23(25)18-27/h10-15,17,23,25,28H,4-9,16H2,1-3H3. The number of hydrogen-bond acceptors (Lipinski definition) is 5. The lowest BCUT2D eigenvalue weighted by atomic mass is 9.79. The van der Waals surface area contributed by atoms with Crippen LogP contribution in [0.1, 0.15) is 62.5 Å². The summed E-state index contributed by atoms with van der Waals surface area (Å²) in [6, 6.07) is 16.2. The molecule has 0 bridgehead atoms. The van der Waals surface area contributed by atoms with Crippen LogP contribution in [0.15, 0.2) is 42.5 Å². The van der Waals surface area contributed by atoms with Crippen LogP contribution in [0.2, 0.25) is 0 Å². The molecule has 5 nitrogen and oxygen atoms in total. The summed E-state index contributed by atoms with van der Waals surface area (Å²) in [5, 5.41) is 18.0. The Hall–Kier alpha value is -3.00. The van der Waals surface area contributed by atoms with Gasteiger partial charge >= 0.3 is 0 Å². The van der Waals surface area contributed by atoms with Crippen LogP contribution in [0.3, 0.4) is 0 Å². The summed E-state index contributed by atoms with van der Waals surface area (Å²) in [5.74, 6) is 0.615. The predicted molar refractivity (Wildman–Crippen MR) is 125 cm³/mol. The molecule has 2 atom stereocenters. The number of ether oxygens (including phenoxy) is 2. The second-order valence-corrected chi connectivity index (χ2v) is 8.35. The lowest BCUT2D eigenvalue weighted by molar-refractivity contribution is 0.304. The van der Waals surface area contributed by atoms with E-state index in [9.17, 15) is 5.26 Å². The molecule has 0 amide bonds. The van der Waals surface area contributed by atoms with E-state index >= 15 is 0 Å². The number of rotatable bonds is 10. The molecule has 2 aromatic rings. The molecule has 5 heteroatoms. The Balaban J connectivity index is 1.71. The minimum Gasteiger partial charge on any atom is -0.494 e. The van der Waals surface area contributed by atoms with E-state index in [0.29, 0.717) is 5.75 Å². The van der Waals surface area contributed by atoms with Crippen LogP contribution in [-0.2, 0) is 0 Å². The summed E-state index contributed by atoms with van der Waals surface area (Å²) in [4.78, 5) is 1.99. The van der Waals surface area contributed by atoms with Gasteiger partial charge in [-0.25, -0.2) is 0 Å². The van der Waals surface area contributed by atoms with Crippen molar-refractivity contribution >= 4 is 11.6 Å². The van der Waals surface area contributed by atoms with Gasteiger partial charge in [-0.1, -0.05) is 57.2 Å². The molecule has 1 heterocycles. The fourth-order valence-electron chi connectivity index (χ4n) is 4.01. The van der Waals surface area contributed by atoms with E-state index < -0.39 is 5.92 Å². The quantitative estimate of drug-likeness (QED) is 0.470. The molecule has 0 aliphatic carbocycles. The first-order valence-corrected chi connectivity index (χ1v) is 11.2. The van der Waals surface area contributed by atoms with E-state index in [1.807, 2.05) is 61.5 Å². The number of nitrogens with zero attached hydrogens (tertiary/aromatic N) is 2. The van der Waals surface area contributed by atoms with Gasteiger partial charge in [0.2, 0.25) is 5.90 Å². The number of unbranched alkanes of at least 4 members (excludes halogenated alkanes) is 5. The molecule has 0 saturated heterocycles. The normalized spacial score (nSPS) is 17.4. The monoisotopic (exact) mass is 419 g/mol. The van der Waals surface area contributed by atoms with E-state index in [1.165, 1.54) is 32.1 Å². The van der Waals surface area contributed by atoms with Crippen LogP contribution in [0.5, 0.6) is 11.5 Å². The van der Waals surface area contributed by atoms with Crippen LogP contribution in [0.25, 0.3) is 0 Å². The largest absolute Gasteiger partial charge is 0.494 e. The van der Waals surface area contributed by atoms with E-state index in [2.05, 4.69) is 13.0 Å². The first-order chi connectivity index (χ1) is 15.0. The van der Waals surface area contributed by atoms with Crippen molar-refractivity contribution in [3.05, 3.63) is 53.6 Å². The fourth-order valence-corrected chi connectivity index (χ4v) is 4.01. The molecule has 1 N–H and O–H groups in total. The molecular formula is C26H33N3O2. The van der Waals surface area contributed by atoms with Crippen molar-refractivity contribution in [3.63, 3.8) is 0 Å². The van der Waals surface area contributed by atoms with Crippen LogP contribution in [0.4, 0.5) is 5.69 Å². The van der Waals surface area contributed by atoms with Crippen molar-refractivity contribution in [1.29, 1.82) is 10.7 Å². The van der Waals surface area contributed by atoms with Crippen LogP contribution in [-0.4, -0.2) is 26.6 Å². The maximum atomic E-state index is 9.73. The molecule has 0 spiro atoms. The number of nitrogens with one attached hydrogen (secondary N) is 1. The summed E-state index contributed by atoms with van der Waals surface area (Å²) in [6.07, 6.45) is 7.44. The second kappa shape index (κ2) is 10.9. The molecule has 1 aliphatic rings. The Morgan fingerprint density at radius 2 is 1.74 bits per heavy atom. The molecule has 2 aromatic carbocycles. The van der Waals surface area contributed by atoms with E-state index in [0.717, 1.165) is 35.6 Å². The third-order valence-electron chi connectivity index (χ3n) is 5.83. The van der Waals surface area contributed by atoms with Gasteiger partial charge in [0.15, 0.2) is 0 Å². The van der Waals surface area contributed by atoms with Crippen molar-refractivity contribution in [2.75, 3.05) is 25.6 Å². The topological polar surface area (TPSA) is 69.3 Å². The van der Waals surface area contributed by atoms with E-state index in [-0.39, 0.29) is 11.8 Å². The number of fused-ring (bicyclic) bond motifs is 1. The smallest absolute Gasteiger partial charge is 0.205 e. The highest BCUT2D eigenvalue weighted by atomic mass is 16.5. The Bertz CT molecular complexity index is 915. The summed E-state index contributed by atoms with van der Waals surface area (Å²) in [7, 11) is 3.94. The Kier molecular flexibility index (Phi) is 7.94. The van der Waals surface area contributed by atoms with Gasteiger partial charge in [0.05, 0.1) is 12.7 Å². The molecule has 1 aliphatic heterocycles.